The molecule has 3 saturated heterocycles. The summed E-state index contributed by atoms with van der Waals surface area (Å²) >= 11 is 0. The van der Waals surface area contributed by atoms with Gasteiger partial charge in [-0.05, 0) is 52.0 Å². The maximum Gasteiger partial charge on any atom is 0.246 e. The second-order valence-corrected chi connectivity index (χ2v) is 11.2. The van der Waals surface area contributed by atoms with Crippen LogP contribution in [0.2, 0.25) is 0 Å². The quantitative estimate of drug-likeness (QED) is 0.440. The average molecular weight is 486 g/mol. The third kappa shape index (κ3) is 5.09. The topological polar surface area (TPSA) is 108 Å². The summed E-state index contributed by atoms with van der Waals surface area (Å²) in [5.74, 6) is -1.79. The number of aliphatic hydroxyl groups is 1. The fraction of sp³-hybridized carbons (Fsp3) is 0.667. The Balaban J connectivity index is 1.55. The van der Waals surface area contributed by atoms with Crippen LogP contribution in [0, 0.1) is 11.8 Å². The highest BCUT2D eigenvalue weighted by Crippen LogP contribution is 2.58. The van der Waals surface area contributed by atoms with Crippen LogP contribution in [-0.4, -0.2) is 64.2 Å². The van der Waals surface area contributed by atoms with Gasteiger partial charge in [0.1, 0.15) is 11.6 Å². The molecule has 8 heteroatoms. The van der Waals surface area contributed by atoms with Crippen LogP contribution in [0.3, 0.4) is 0 Å². The number of rotatable bonds is 10. The SMILES string of the molecule is CC(C)(C)NC(=O)C1N(CCCCCCO)C(=O)[C@@H]2[C@H](C(=O)NCc3ccccc3)[C@@H]3CCC12O3. The highest BCUT2D eigenvalue weighted by Gasteiger charge is 2.74. The first-order valence-electron chi connectivity index (χ1n) is 12.9. The van der Waals surface area contributed by atoms with Crippen molar-refractivity contribution < 1.29 is 24.2 Å². The van der Waals surface area contributed by atoms with Gasteiger partial charge in [-0.2, -0.15) is 0 Å². The number of carbonyl (C=O) groups excluding carboxylic acids is 3. The molecule has 3 amide bonds. The molecule has 0 aromatic heterocycles. The van der Waals surface area contributed by atoms with E-state index in [1.807, 2.05) is 51.1 Å². The van der Waals surface area contributed by atoms with E-state index in [2.05, 4.69) is 10.6 Å². The Labute approximate surface area is 207 Å². The van der Waals surface area contributed by atoms with Gasteiger partial charge in [0, 0.05) is 25.2 Å². The maximum absolute atomic E-state index is 13.8. The Bertz CT molecular complexity index is 930. The number of unbranched alkanes of at least 4 members (excludes halogenated alkanes) is 3. The highest BCUT2D eigenvalue weighted by atomic mass is 16.5. The minimum Gasteiger partial charge on any atom is -0.396 e. The summed E-state index contributed by atoms with van der Waals surface area (Å²) in [6.45, 7) is 6.74. The van der Waals surface area contributed by atoms with Gasteiger partial charge in [0.15, 0.2) is 0 Å². The number of hydrogen-bond acceptors (Lipinski definition) is 5. The van der Waals surface area contributed by atoms with Crippen LogP contribution in [0.25, 0.3) is 0 Å². The highest BCUT2D eigenvalue weighted by molar-refractivity contribution is 5.99. The first-order chi connectivity index (χ1) is 16.7. The number of ether oxygens (including phenoxy) is 1. The summed E-state index contributed by atoms with van der Waals surface area (Å²) in [4.78, 5) is 42.4. The van der Waals surface area contributed by atoms with Gasteiger partial charge in [-0.3, -0.25) is 14.4 Å². The monoisotopic (exact) mass is 485 g/mol. The minimum atomic E-state index is -0.961. The molecule has 192 valence electrons. The molecule has 3 N–H and O–H groups in total. The maximum atomic E-state index is 13.8. The number of hydrogen-bond donors (Lipinski definition) is 3. The van der Waals surface area contributed by atoms with Crippen molar-refractivity contribution in [2.45, 2.75) is 89.1 Å². The third-order valence-electron chi connectivity index (χ3n) is 7.47. The number of likely N-dealkylation sites (tertiary alicyclic amines) is 1. The van der Waals surface area contributed by atoms with Crippen molar-refractivity contribution in [1.29, 1.82) is 0 Å². The van der Waals surface area contributed by atoms with Crippen molar-refractivity contribution in [3.05, 3.63) is 35.9 Å². The second-order valence-electron chi connectivity index (χ2n) is 11.2. The lowest BCUT2D eigenvalue weighted by Crippen LogP contribution is -2.58. The van der Waals surface area contributed by atoms with Crippen molar-refractivity contribution in [2.75, 3.05) is 13.2 Å². The van der Waals surface area contributed by atoms with E-state index < -0.39 is 29.0 Å². The molecule has 35 heavy (non-hydrogen) atoms. The van der Waals surface area contributed by atoms with Gasteiger partial charge in [-0.15, -0.1) is 0 Å². The Morgan fingerprint density at radius 2 is 1.83 bits per heavy atom. The Kier molecular flexibility index (Phi) is 7.52. The first-order valence-corrected chi connectivity index (χ1v) is 12.9. The van der Waals surface area contributed by atoms with Crippen molar-refractivity contribution in [1.82, 2.24) is 15.5 Å². The van der Waals surface area contributed by atoms with E-state index in [4.69, 9.17) is 9.84 Å². The van der Waals surface area contributed by atoms with Crippen molar-refractivity contribution in [2.24, 2.45) is 11.8 Å². The molecule has 4 rings (SSSR count). The molecule has 8 nitrogen and oxygen atoms in total. The van der Waals surface area contributed by atoms with E-state index in [9.17, 15) is 14.4 Å². The summed E-state index contributed by atoms with van der Waals surface area (Å²) < 4.78 is 6.45. The predicted molar refractivity (Wildman–Crippen MR) is 131 cm³/mol. The summed E-state index contributed by atoms with van der Waals surface area (Å²) in [7, 11) is 0. The zero-order valence-electron chi connectivity index (χ0n) is 21.1. The third-order valence-corrected chi connectivity index (χ3v) is 7.47. The zero-order valence-corrected chi connectivity index (χ0v) is 21.1. The lowest BCUT2D eigenvalue weighted by molar-refractivity contribution is -0.142. The molecule has 3 aliphatic rings. The molecule has 1 spiro atoms. The van der Waals surface area contributed by atoms with Gasteiger partial charge >= 0.3 is 0 Å². The molecular weight excluding hydrogens is 446 g/mol. The normalized spacial score (nSPS) is 29.4. The van der Waals surface area contributed by atoms with Crippen LogP contribution < -0.4 is 10.6 Å². The van der Waals surface area contributed by atoms with Gasteiger partial charge in [-0.25, -0.2) is 0 Å². The molecule has 3 aliphatic heterocycles. The van der Waals surface area contributed by atoms with E-state index in [0.29, 0.717) is 25.9 Å². The zero-order chi connectivity index (χ0) is 25.2. The number of carbonyl (C=O) groups is 3. The molecular formula is C27H39N3O5. The lowest BCUT2D eigenvalue weighted by atomic mass is 9.70. The number of benzene rings is 1. The molecule has 2 unspecified atom stereocenters. The fourth-order valence-electron chi connectivity index (χ4n) is 6.08. The summed E-state index contributed by atoms with van der Waals surface area (Å²) in [5.41, 5.74) is -0.425. The van der Waals surface area contributed by atoms with E-state index >= 15 is 0 Å². The van der Waals surface area contributed by atoms with Crippen LogP contribution in [0.4, 0.5) is 0 Å². The molecule has 0 saturated carbocycles. The average Bonchev–Trinajstić information content (AvgIpc) is 3.44. The van der Waals surface area contributed by atoms with E-state index in [0.717, 1.165) is 31.2 Å². The Morgan fingerprint density at radius 1 is 1.11 bits per heavy atom. The van der Waals surface area contributed by atoms with Crippen LogP contribution >= 0.6 is 0 Å². The standard InChI is InChI=1S/C27H39N3O5/c1-26(2,3)29-24(33)22-27-14-13-19(35-27)20(23(32)28-17-18-11-7-6-8-12-18)21(27)25(34)30(22)15-9-4-5-10-16-31/h6-8,11-12,19-22,31H,4-5,9-10,13-17H2,1-3H3,(H,28,32)(H,29,33)/t19-,20+,21-,22?,27?/m0/s1. The molecule has 1 aromatic rings. The predicted octanol–water partition coefficient (Wildman–Crippen LogP) is 2.14. The van der Waals surface area contributed by atoms with Gasteiger partial charge < -0.3 is 25.4 Å². The van der Waals surface area contributed by atoms with Gasteiger partial charge in [0.05, 0.1) is 17.9 Å². The van der Waals surface area contributed by atoms with E-state index in [-0.39, 0.29) is 30.4 Å². The first kappa shape index (κ1) is 25.6. The molecule has 2 bridgehead atoms. The summed E-state index contributed by atoms with van der Waals surface area (Å²) in [5, 5.41) is 15.1. The number of nitrogens with zero attached hydrogens (tertiary/aromatic N) is 1. The fourth-order valence-corrected chi connectivity index (χ4v) is 6.08. The van der Waals surface area contributed by atoms with Gasteiger partial charge in [0.25, 0.3) is 0 Å². The minimum absolute atomic E-state index is 0.150. The Hall–Kier alpha value is -2.45. The summed E-state index contributed by atoms with van der Waals surface area (Å²) in [6.07, 6.45) is 4.10. The molecule has 3 fully saturated rings. The molecule has 0 radical (unpaired) electrons. The van der Waals surface area contributed by atoms with Gasteiger partial charge in [0.2, 0.25) is 17.7 Å². The largest absolute Gasteiger partial charge is 0.396 e. The summed E-state index contributed by atoms with van der Waals surface area (Å²) in [6, 6.07) is 8.94. The van der Waals surface area contributed by atoms with Crippen LogP contribution in [0.5, 0.6) is 0 Å². The van der Waals surface area contributed by atoms with Crippen LogP contribution in [0.15, 0.2) is 30.3 Å². The number of fused-ring (bicyclic) bond motifs is 1. The molecule has 5 atom stereocenters. The van der Waals surface area contributed by atoms with Crippen LogP contribution in [-0.2, 0) is 25.7 Å². The van der Waals surface area contributed by atoms with E-state index in [1.54, 1.807) is 4.90 Å². The lowest BCUT2D eigenvalue weighted by Gasteiger charge is -2.35. The van der Waals surface area contributed by atoms with Crippen molar-refractivity contribution in [3.63, 3.8) is 0 Å². The molecule has 1 aromatic carbocycles. The van der Waals surface area contributed by atoms with Crippen LogP contribution in [0.1, 0.15) is 64.9 Å². The number of nitrogens with one attached hydrogen (secondary N) is 2. The number of amides is 3. The number of aliphatic hydroxyl groups excluding tert-OH is 1. The smallest absolute Gasteiger partial charge is 0.246 e. The molecule has 0 aliphatic carbocycles. The second kappa shape index (κ2) is 10.3. The van der Waals surface area contributed by atoms with E-state index in [1.165, 1.54) is 0 Å². The Morgan fingerprint density at radius 3 is 2.51 bits per heavy atom. The van der Waals surface area contributed by atoms with Gasteiger partial charge in [-0.1, -0.05) is 43.2 Å². The van der Waals surface area contributed by atoms with Crippen molar-refractivity contribution in [3.8, 4) is 0 Å². The van der Waals surface area contributed by atoms with Crippen molar-refractivity contribution >= 4 is 17.7 Å². The molecule has 3 heterocycles.